The van der Waals surface area contributed by atoms with Crippen molar-refractivity contribution in [3.05, 3.63) is 11.8 Å². The molecule has 0 spiro atoms. The van der Waals surface area contributed by atoms with Crippen LogP contribution in [0.4, 0.5) is 0 Å². The average molecular weight is 280 g/mol. The first-order chi connectivity index (χ1) is 9.81. The van der Waals surface area contributed by atoms with E-state index in [4.69, 9.17) is 0 Å². The molecular weight excluding hydrogens is 242 g/mol. The summed E-state index contributed by atoms with van der Waals surface area (Å²) >= 11 is 0. The Kier molecular flexibility index (Phi) is 16.0. The van der Waals surface area contributed by atoms with E-state index >= 15 is 0 Å². The summed E-state index contributed by atoms with van der Waals surface area (Å²) in [6.45, 7) is 6.34. The largest absolute Gasteiger partial charge is 0.267 e. The monoisotopic (exact) mass is 279 g/mol. The summed E-state index contributed by atoms with van der Waals surface area (Å²) in [5, 5.41) is 0. The molecule has 0 rings (SSSR count). The van der Waals surface area contributed by atoms with E-state index in [0.717, 1.165) is 5.70 Å². The van der Waals surface area contributed by atoms with Gasteiger partial charge in [-0.05, 0) is 26.7 Å². The van der Waals surface area contributed by atoms with Gasteiger partial charge in [-0.2, -0.15) is 0 Å². The van der Waals surface area contributed by atoms with E-state index in [-0.39, 0.29) is 0 Å². The lowest BCUT2D eigenvalue weighted by molar-refractivity contribution is 0.545. The van der Waals surface area contributed by atoms with E-state index in [9.17, 15) is 0 Å². The molecular formula is C19H37N. The van der Waals surface area contributed by atoms with Crippen molar-refractivity contribution in [2.45, 2.75) is 104 Å². The number of rotatable bonds is 14. The van der Waals surface area contributed by atoms with E-state index in [0.29, 0.717) is 0 Å². The number of nitrogens with zero attached hydrogens (tertiary/aromatic N) is 1. The molecule has 0 aliphatic heterocycles. The molecule has 0 aromatic carbocycles. The molecule has 0 fully saturated rings. The standard InChI is InChI=1S/C19H37N/c1-4-6-7-8-9-10-11-12-13-14-15-16-17-18-19(3)20-5-2/h5,18H,4,6-17H2,1-3H3/b19-18+,20-5?. The third-order valence-corrected chi connectivity index (χ3v) is 3.83. The van der Waals surface area contributed by atoms with Crippen molar-refractivity contribution in [2.24, 2.45) is 4.99 Å². The summed E-state index contributed by atoms with van der Waals surface area (Å²) in [5.41, 5.74) is 1.16. The second kappa shape index (κ2) is 16.5. The fourth-order valence-electron chi connectivity index (χ4n) is 2.55. The van der Waals surface area contributed by atoms with Crippen LogP contribution in [0, 0.1) is 0 Å². The smallest absolute Gasteiger partial charge is 0.0328 e. The van der Waals surface area contributed by atoms with Gasteiger partial charge in [0, 0.05) is 11.9 Å². The molecule has 0 aromatic heterocycles. The Balaban J connectivity index is 3.12. The van der Waals surface area contributed by atoms with Crippen molar-refractivity contribution in [3.63, 3.8) is 0 Å². The van der Waals surface area contributed by atoms with Crippen molar-refractivity contribution in [3.8, 4) is 0 Å². The molecule has 0 amide bonds. The molecule has 1 nitrogen and oxygen atoms in total. The number of hydrogen-bond donors (Lipinski definition) is 0. The van der Waals surface area contributed by atoms with Crippen molar-refractivity contribution in [1.82, 2.24) is 0 Å². The van der Waals surface area contributed by atoms with E-state index in [1.807, 2.05) is 13.1 Å². The van der Waals surface area contributed by atoms with Crippen LogP contribution in [0.2, 0.25) is 0 Å². The Hall–Kier alpha value is -0.590. The first kappa shape index (κ1) is 19.4. The van der Waals surface area contributed by atoms with E-state index in [2.05, 4.69) is 24.9 Å². The van der Waals surface area contributed by atoms with Gasteiger partial charge in [0.05, 0.1) is 0 Å². The summed E-state index contributed by atoms with van der Waals surface area (Å²) in [6.07, 6.45) is 22.4. The summed E-state index contributed by atoms with van der Waals surface area (Å²) in [6, 6.07) is 0. The van der Waals surface area contributed by atoms with E-state index in [1.54, 1.807) is 0 Å². The van der Waals surface area contributed by atoms with Gasteiger partial charge in [0.2, 0.25) is 0 Å². The first-order valence-electron chi connectivity index (χ1n) is 8.96. The Morgan fingerprint density at radius 2 is 1.20 bits per heavy atom. The van der Waals surface area contributed by atoms with E-state index in [1.165, 1.54) is 83.5 Å². The van der Waals surface area contributed by atoms with Gasteiger partial charge in [0.25, 0.3) is 0 Å². The Bertz CT molecular complexity index is 240. The van der Waals surface area contributed by atoms with Gasteiger partial charge in [-0.1, -0.05) is 83.6 Å². The summed E-state index contributed by atoms with van der Waals surface area (Å²) in [7, 11) is 0. The fourth-order valence-corrected chi connectivity index (χ4v) is 2.55. The van der Waals surface area contributed by atoms with Crippen LogP contribution in [0.5, 0.6) is 0 Å². The van der Waals surface area contributed by atoms with Gasteiger partial charge in [-0.25, -0.2) is 0 Å². The third-order valence-electron chi connectivity index (χ3n) is 3.83. The van der Waals surface area contributed by atoms with Gasteiger partial charge in [0.1, 0.15) is 0 Å². The summed E-state index contributed by atoms with van der Waals surface area (Å²) in [4.78, 5) is 4.25. The fraction of sp³-hybridized carbons (Fsp3) is 0.842. The van der Waals surface area contributed by atoms with Crippen molar-refractivity contribution < 1.29 is 0 Å². The van der Waals surface area contributed by atoms with Crippen LogP contribution in [-0.4, -0.2) is 6.21 Å². The van der Waals surface area contributed by atoms with Crippen LogP contribution in [0.1, 0.15) is 104 Å². The predicted molar refractivity (Wildman–Crippen MR) is 93.6 cm³/mol. The number of unbranched alkanes of at least 4 members (excludes halogenated alkanes) is 12. The highest BCUT2D eigenvalue weighted by atomic mass is 14.7. The van der Waals surface area contributed by atoms with Crippen LogP contribution in [-0.2, 0) is 0 Å². The van der Waals surface area contributed by atoms with Crippen LogP contribution in [0.3, 0.4) is 0 Å². The molecule has 0 aromatic rings. The third kappa shape index (κ3) is 15.5. The molecule has 0 atom stereocenters. The zero-order valence-corrected chi connectivity index (χ0v) is 14.3. The molecule has 0 unspecified atom stereocenters. The second-order valence-electron chi connectivity index (χ2n) is 5.91. The number of hydrogen-bond acceptors (Lipinski definition) is 1. The van der Waals surface area contributed by atoms with Gasteiger partial charge >= 0.3 is 0 Å². The van der Waals surface area contributed by atoms with Gasteiger partial charge < -0.3 is 0 Å². The van der Waals surface area contributed by atoms with Gasteiger partial charge in [0.15, 0.2) is 0 Å². The molecule has 118 valence electrons. The van der Waals surface area contributed by atoms with Crippen molar-refractivity contribution >= 4 is 6.21 Å². The maximum atomic E-state index is 4.25. The number of aliphatic imine (C=N–C) groups is 1. The summed E-state index contributed by atoms with van der Waals surface area (Å²) < 4.78 is 0. The molecule has 0 radical (unpaired) electrons. The minimum absolute atomic E-state index is 1.16. The quantitative estimate of drug-likeness (QED) is 0.238. The zero-order chi connectivity index (χ0) is 14.9. The lowest BCUT2D eigenvalue weighted by atomic mass is 10.0. The maximum Gasteiger partial charge on any atom is 0.0328 e. The van der Waals surface area contributed by atoms with Crippen LogP contribution in [0.25, 0.3) is 0 Å². The molecule has 0 heterocycles. The first-order valence-corrected chi connectivity index (χ1v) is 8.96. The van der Waals surface area contributed by atoms with E-state index < -0.39 is 0 Å². The van der Waals surface area contributed by atoms with Crippen LogP contribution >= 0.6 is 0 Å². The molecule has 0 saturated heterocycles. The molecule has 0 aliphatic rings. The molecule has 0 saturated carbocycles. The molecule has 0 aliphatic carbocycles. The summed E-state index contributed by atoms with van der Waals surface area (Å²) in [5.74, 6) is 0. The van der Waals surface area contributed by atoms with Gasteiger partial charge in [-0.15, -0.1) is 0 Å². The van der Waals surface area contributed by atoms with Crippen LogP contribution in [0.15, 0.2) is 16.8 Å². The highest BCUT2D eigenvalue weighted by Crippen LogP contribution is 2.12. The Labute approximate surface area is 128 Å². The Morgan fingerprint density at radius 3 is 1.65 bits per heavy atom. The van der Waals surface area contributed by atoms with Crippen molar-refractivity contribution in [2.75, 3.05) is 0 Å². The SMILES string of the molecule is CC=N/C(C)=C/CCCCCCCCCCCCCC. The second-order valence-corrected chi connectivity index (χ2v) is 5.91. The predicted octanol–water partition coefficient (Wildman–Crippen LogP) is 7.07. The van der Waals surface area contributed by atoms with Gasteiger partial charge in [-0.3, -0.25) is 4.99 Å². The Morgan fingerprint density at radius 1 is 0.750 bits per heavy atom. The average Bonchev–Trinajstić information content (AvgIpc) is 2.44. The number of allylic oxidation sites excluding steroid dienone is 2. The maximum absolute atomic E-state index is 4.25. The molecule has 0 N–H and O–H groups in total. The molecule has 0 bridgehead atoms. The molecule has 20 heavy (non-hydrogen) atoms. The normalized spacial score (nSPS) is 12.4. The lowest BCUT2D eigenvalue weighted by Gasteiger charge is -2.02. The highest BCUT2D eigenvalue weighted by Gasteiger charge is 1.93. The highest BCUT2D eigenvalue weighted by molar-refractivity contribution is 5.55. The zero-order valence-electron chi connectivity index (χ0n) is 14.3. The van der Waals surface area contributed by atoms with Crippen LogP contribution < -0.4 is 0 Å². The van der Waals surface area contributed by atoms with Crippen molar-refractivity contribution in [1.29, 1.82) is 0 Å². The minimum Gasteiger partial charge on any atom is -0.267 e. The topological polar surface area (TPSA) is 12.4 Å². The minimum atomic E-state index is 1.16. The lowest BCUT2D eigenvalue weighted by Crippen LogP contribution is -1.82. The molecule has 1 heteroatoms.